The van der Waals surface area contributed by atoms with E-state index in [2.05, 4.69) is 46.1 Å². The van der Waals surface area contributed by atoms with Gasteiger partial charge in [0.15, 0.2) is 5.52 Å². The molecule has 0 unspecified atom stereocenters. The molecule has 8 nitrogen and oxygen atoms in total. The quantitative estimate of drug-likeness (QED) is 0.420. The van der Waals surface area contributed by atoms with E-state index in [0.29, 0.717) is 52.8 Å². The summed E-state index contributed by atoms with van der Waals surface area (Å²) in [5.74, 6) is 4.32. The average molecular weight is 483 g/mol. The highest BCUT2D eigenvalue weighted by Crippen LogP contribution is 2.30. The number of carbonyl (C=O) groups is 1. The van der Waals surface area contributed by atoms with Crippen molar-refractivity contribution in [2.75, 3.05) is 13.1 Å². The van der Waals surface area contributed by atoms with Crippen LogP contribution in [0.3, 0.4) is 0 Å². The van der Waals surface area contributed by atoms with Gasteiger partial charge in [-0.25, -0.2) is 14.8 Å². The van der Waals surface area contributed by atoms with E-state index < -0.39 is 14.2 Å². The zero-order valence-corrected chi connectivity index (χ0v) is 20.3. The molecule has 3 aromatic rings. The van der Waals surface area contributed by atoms with E-state index in [9.17, 15) is 4.79 Å². The molecular weight excluding hydrogens is 460 g/mol. The molecule has 4 rings (SSSR count). The third-order valence-corrected chi connectivity index (χ3v) is 6.05. The van der Waals surface area contributed by atoms with E-state index >= 15 is 0 Å². The number of pyridine rings is 1. The smallest absolute Gasteiger partial charge is 0.407 e. The number of ether oxygens (including phenoxy) is 2. The fourth-order valence-corrected chi connectivity index (χ4v) is 3.91. The summed E-state index contributed by atoms with van der Waals surface area (Å²) in [6, 6.07) is 8.74. The van der Waals surface area contributed by atoms with Crippen LogP contribution in [0.15, 0.2) is 36.7 Å². The highest BCUT2D eigenvalue weighted by molar-refractivity contribution is 6.83. The van der Waals surface area contributed by atoms with Crippen molar-refractivity contribution in [2.45, 2.75) is 32.2 Å². The van der Waals surface area contributed by atoms with Crippen LogP contribution in [-0.2, 0) is 0 Å². The topological polar surface area (TPSA) is 97.7 Å². The molecule has 1 aromatic carbocycles. The fraction of sp³-hybridized carbons (Fsp3) is 0.304. The third kappa shape index (κ3) is 5.72. The van der Waals surface area contributed by atoms with Gasteiger partial charge in [0.2, 0.25) is 11.8 Å². The second-order valence-corrected chi connectivity index (χ2v) is 13.9. The Hall–Kier alpha value is -3.35. The number of aromatic nitrogens is 3. The minimum absolute atomic E-state index is 0.260. The Balaban J connectivity index is 1.59. The molecule has 33 heavy (non-hydrogen) atoms. The number of rotatable bonds is 4. The van der Waals surface area contributed by atoms with Crippen molar-refractivity contribution >= 4 is 36.8 Å². The van der Waals surface area contributed by atoms with Gasteiger partial charge in [0.25, 0.3) is 0 Å². The van der Waals surface area contributed by atoms with Gasteiger partial charge in [0.05, 0.1) is 17.1 Å². The fourth-order valence-electron chi connectivity index (χ4n) is 3.24. The van der Waals surface area contributed by atoms with Crippen molar-refractivity contribution in [3.8, 4) is 29.0 Å². The monoisotopic (exact) mass is 482 g/mol. The molecule has 10 heteroatoms. The molecule has 1 aliphatic heterocycles. The summed E-state index contributed by atoms with van der Waals surface area (Å²) in [6.45, 7) is 7.23. The van der Waals surface area contributed by atoms with E-state index in [0.717, 1.165) is 0 Å². The summed E-state index contributed by atoms with van der Waals surface area (Å²) in [5.41, 5.74) is 5.03. The van der Waals surface area contributed by atoms with Crippen LogP contribution in [0.25, 0.3) is 11.0 Å². The number of halogens is 1. The van der Waals surface area contributed by atoms with Crippen LogP contribution in [-0.4, -0.2) is 58.3 Å². The van der Waals surface area contributed by atoms with Crippen LogP contribution >= 0.6 is 11.6 Å². The van der Waals surface area contributed by atoms with Crippen LogP contribution in [0.4, 0.5) is 4.79 Å². The first-order valence-electron chi connectivity index (χ1n) is 10.4. The van der Waals surface area contributed by atoms with Gasteiger partial charge in [-0.15, -0.1) is 5.54 Å². The molecule has 1 N–H and O–H groups in total. The number of benzene rings is 1. The van der Waals surface area contributed by atoms with Gasteiger partial charge in [-0.3, -0.25) is 0 Å². The Morgan fingerprint density at radius 1 is 1.24 bits per heavy atom. The van der Waals surface area contributed by atoms with Gasteiger partial charge in [-0.05, 0) is 24.3 Å². The normalized spacial score (nSPS) is 15.8. The van der Waals surface area contributed by atoms with Crippen LogP contribution in [0, 0.1) is 11.5 Å². The number of likely N-dealkylation sites (tertiary alicyclic amines) is 1. The molecule has 0 spiro atoms. The zero-order chi connectivity index (χ0) is 23.6. The summed E-state index contributed by atoms with van der Waals surface area (Å²) in [7, 11) is -1.56. The van der Waals surface area contributed by atoms with E-state index in [4.69, 9.17) is 26.2 Å². The number of fused-ring (bicyclic) bond motifs is 1. The SMILES string of the molecule is C[Si](C)(C)C#Cc1cc(Oc2ncnc3ccc(O[C@H]4CCN(C(=O)O)C4)nc23)ccc1Cl. The standard InChI is InChI=1S/C23H23ClN4O4Si/c1-33(2,3)11-9-15-12-16(4-5-18(15)24)32-22-21-19(25-14-26-22)6-7-20(27-21)31-17-8-10-28(13-17)23(29)30/h4-7,12,14,17H,8,10,13H2,1-3H3,(H,29,30)/t17-/m0/s1. The van der Waals surface area contributed by atoms with Gasteiger partial charge in [-0.2, -0.15) is 4.98 Å². The predicted molar refractivity (Wildman–Crippen MR) is 128 cm³/mol. The second kappa shape index (κ2) is 9.25. The van der Waals surface area contributed by atoms with Gasteiger partial charge >= 0.3 is 6.09 Å². The molecule has 1 amide bonds. The first kappa shape index (κ1) is 22.8. The number of hydrogen-bond acceptors (Lipinski definition) is 6. The van der Waals surface area contributed by atoms with Crippen LogP contribution in [0.5, 0.6) is 17.5 Å². The first-order valence-corrected chi connectivity index (χ1v) is 14.3. The van der Waals surface area contributed by atoms with E-state index in [1.54, 1.807) is 30.3 Å². The van der Waals surface area contributed by atoms with Crippen molar-refractivity contribution in [1.82, 2.24) is 19.9 Å². The molecule has 2 aromatic heterocycles. The van der Waals surface area contributed by atoms with Crippen LogP contribution in [0.1, 0.15) is 12.0 Å². The van der Waals surface area contributed by atoms with Gasteiger partial charge in [0.1, 0.15) is 26.3 Å². The second-order valence-electron chi connectivity index (χ2n) is 8.70. The minimum Gasteiger partial charge on any atom is -0.472 e. The van der Waals surface area contributed by atoms with E-state index in [1.165, 1.54) is 11.2 Å². The Bertz CT molecular complexity index is 1270. The summed E-state index contributed by atoms with van der Waals surface area (Å²) in [4.78, 5) is 25.5. The Kier molecular flexibility index (Phi) is 6.40. The molecule has 1 saturated heterocycles. The Morgan fingerprint density at radius 2 is 2.06 bits per heavy atom. The molecule has 0 bridgehead atoms. The molecule has 1 fully saturated rings. The molecule has 0 saturated carbocycles. The van der Waals surface area contributed by atoms with Crippen molar-refractivity contribution in [2.24, 2.45) is 0 Å². The average Bonchev–Trinajstić information content (AvgIpc) is 3.23. The molecule has 0 aliphatic carbocycles. The summed E-state index contributed by atoms with van der Waals surface area (Å²) in [6.07, 6.45) is 0.799. The van der Waals surface area contributed by atoms with Crippen molar-refractivity contribution in [1.29, 1.82) is 0 Å². The number of carboxylic acid groups (broad SMARTS) is 1. The number of hydrogen-bond donors (Lipinski definition) is 1. The van der Waals surface area contributed by atoms with Gasteiger partial charge in [0, 0.05) is 24.6 Å². The maximum Gasteiger partial charge on any atom is 0.407 e. The lowest BCUT2D eigenvalue weighted by Crippen LogP contribution is -2.29. The Labute approximate surface area is 197 Å². The largest absolute Gasteiger partial charge is 0.472 e. The first-order chi connectivity index (χ1) is 15.7. The number of amides is 1. The lowest BCUT2D eigenvalue weighted by Gasteiger charge is -2.14. The zero-order valence-electron chi connectivity index (χ0n) is 18.5. The molecular formula is C23H23ClN4O4Si. The van der Waals surface area contributed by atoms with Crippen LogP contribution < -0.4 is 9.47 Å². The summed E-state index contributed by atoms with van der Waals surface area (Å²) >= 11 is 6.32. The Morgan fingerprint density at radius 3 is 2.79 bits per heavy atom. The lowest BCUT2D eigenvalue weighted by molar-refractivity contribution is 0.144. The molecule has 170 valence electrons. The highest BCUT2D eigenvalue weighted by Gasteiger charge is 2.27. The van der Waals surface area contributed by atoms with Crippen molar-refractivity contribution in [3.05, 3.63) is 47.2 Å². The van der Waals surface area contributed by atoms with Crippen LogP contribution in [0.2, 0.25) is 24.7 Å². The highest BCUT2D eigenvalue weighted by atomic mass is 35.5. The molecule has 0 radical (unpaired) electrons. The molecule has 1 atom stereocenters. The maximum absolute atomic E-state index is 11.1. The minimum atomic E-state index is -1.56. The van der Waals surface area contributed by atoms with E-state index in [1.807, 2.05) is 0 Å². The van der Waals surface area contributed by atoms with Gasteiger partial charge < -0.3 is 19.5 Å². The van der Waals surface area contributed by atoms with Crippen molar-refractivity contribution in [3.63, 3.8) is 0 Å². The third-order valence-electron chi connectivity index (χ3n) is 4.85. The summed E-state index contributed by atoms with van der Waals surface area (Å²) < 4.78 is 11.9. The summed E-state index contributed by atoms with van der Waals surface area (Å²) in [5, 5.41) is 9.69. The number of nitrogens with zero attached hydrogens (tertiary/aromatic N) is 4. The molecule has 1 aliphatic rings. The van der Waals surface area contributed by atoms with Crippen molar-refractivity contribution < 1.29 is 19.4 Å². The van der Waals surface area contributed by atoms with E-state index in [-0.39, 0.29) is 12.0 Å². The lowest BCUT2D eigenvalue weighted by atomic mass is 10.2. The maximum atomic E-state index is 11.1. The predicted octanol–water partition coefficient (Wildman–Crippen LogP) is 4.83. The van der Waals surface area contributed by atoms with Gasteiger partial charge in [-0.1, -0.05) is 37.2 Å². The molecule has 3 heterocycles.